The summed E-state index contributed by atoms with van der Waals surface area (Å²) in [6.07, 6.45) is 3.81. The van der Waals surface area contributed by atoms with Crippen LogP contribution in [0, 0.1) is 5.92 Å². The molecule has 2 aromatic heterocycles. The predicted molar refractivity (Wildman–Crippen MR) is 299 cm³/mol. The Morgan fingerprint density at radius 1 is 0.662 bits per heavy atom. The van der Waals surface area contributed by atoms with Gasteiger partial charge in [0.05, 0.1) is 19.0 Å². The minimum Gasteiger partial charge on any atom is -0.481 e. The summed E-state index contributed by atoms with van der Waals surface area (Å²) >= 11 is 7.99. The van der Waals surface area contributed by atoms with Gasteiger partial charge < -0.3 is 90.8 Å². The molecule has 29 nitrogen and oxygen atoms in total. The van der Waals surface area contributed by atoms with Crippen molar-refractivity contribution < 1.29 is 63.3 Å². The molecule has 1 aromatic carbocycles. The zero-order chi connectivity index (χ0) is 59.5. The van der Waals surface area contributed by atoms with Crippen molar-refractivity contribution in [2.75, 3.05) is 31.2 Å². The van der Waals surface area contributed by atoms with Crippen LogP contribution in [0.1, 0.15) is 76.5 Å². The molecule has 21 N–H and O–H groups in total. The highest BCUT2D eigenvalue weighted by atomic mass is 32.1. The van der Waals surface area contributed by atoms with E-state index in [1.165, 1.54) is 12.5 Å². The molecular weight excluding hydrogens is 1080 g/mol. The number of aliphatic hydroxyl groups is 1. The van der Waals surface area contributed by atoms with Gasteiger partial charge in [-0.05, 0) is 62.6 Å². The third-order valence-electron chi connectivity index (χ3n) is 12.7. The molecule has 10 atom stereocenters. The molecule has 0 spiro atoms. The number of nitrogens with zero attached hydrogens (tertiary/aromatic N) is 2. The highest BCUT2D eigenvalue weighted by Crippen LogP contribution is 2.20. The van der Waals surface area contributed by atoms with Gasteiger partial charge in [-0.1, -0.05) is 38.5 Å². The third-order valence-corrected chi connectivity index (χ3v) is 13.5. The Kier molecular flexibility index (Phi) is 28.8. The van der Waals surface area contributed by atoms with Crippen LogP contribution >= 0.6 is 25.3 Å². The van der Waals surface area contributed by atoms with Crippen molar-refractivity contribution in [3.63, 3.8) is 0 Å². The summed E-state index contributed by atoms with van der Waals surface area (Å²) in [5.41, 5.74) is 24.2. The summed E-state index contributed by atoms with van der Waals surface area (Å²) in [6.45, 7) is 2.62. The van der Waals surface area contributed by atoms with Crippen LogP contribution in [0.3, 0.4) is 0 Å². The number of aliphatic carboxylic acids is 2. The lowest BCUT2D eigenvalue weighted by Gasteiger charge is -2.29. The molecular formula is C49H76N16O13S2. The SMILES string of the molecule is CC[C@H](C)[C@H](NC(=O)[C@H](CCCN=C(N)N)NC(=O)[C@H](CCC(=O)O)NC(=O)[C@H](Cc1cnc[nH]1)NC(=O)[C@H](CCCCN)NC(=O)[C@@H](N)CS)C(=O)N[C@@H](Cc1c[nH]c2ccccc12)C(=O)N[C@@H](CO)C(=O)N[C@@H](CS)C(=O)O. The van der Waals surface area contributed by atoms with Crippen molar-refractivity contribution in [2.45, 2.75) is 132 Å². The summed E-state index contributed by atoms with van der Waals surface area (Å²) in [7, 11) is 0. The predicted octanol–water partition coefficient (Wildman–Crippen LogP) is -4.09. The number of carboxylic acids is 2. The van der Waals surface area contributed by atoms with Crippen LogP contribution in [0.5, 0.6) is 0 Å². The number of aromatic nitrogens is 3. The number of aliphatic hydroxyl groups excluding tert-OH is 1. The van der Waals surface area contributed by atoms with Crippen LogP contribution in [0.15, 0.2) is 48.0 Å². The third kappa shape index (κ3) is 22.0. The molecule has 0 aliphatic heterocycles. The number of guanidine groups is 1. The number of carboxylic acid groups (broad SMARTS) is 2. The van der Waals surface area contributed by atoms with Crippen molar-refractivity contribution in [1.29, 1.82) is 0 Å². The number of carbonyl (C=O) groups is 10. The van der Waals surface area contributed by atoms with E-state index >= 15 is 0 Å². The fraction of sp³-hybridized carbons (Fsp3) is 0.551. The number of nitrogens with two attached hydrogens (primary N) is 4. The number of thiol groups is 2. The van der Waals surface area contributed by atoms with E-state index in [4.69, 9.17) is 22.9 Å². The van der Waals surface area contributed by atoms with Crippen molar-refractivity contribution in [3.8, 4) is 0 Å². The molecule has 3 aromatic rings. The molecule has 0 bridgehead atoms. The van der Waals surface area contributed by atoms with Gasteiger partial charge >= 0.3 is 11.9 Å². The van der Waals surface area contributed by atoms with Gasteiger partial charge in [0.15, 0.2) is 5.96 Å². The van der Waals surface area contributed by atoms with Gasteiger partial charge in [0.2, 0.25) is 47.3 Å². The second kappa shape index (κ2) is 34.5. The minimum atomic E-state index is -1.68. The number of aromatic amines is 2. The molecule has 0 aliphatic carbocycles. The molecule has 0 unspecified atom stereocenters. The van der Waals surface area contributed by atoms with E-state index in [0.29, 0.717) is 41.5 Å². The van der Waals surface area contributed by atoms with E-state index in [1.807, 2.05) is 0 Å². The summed E-state index contributed by atoms with van der Waals surface area (Å²) in [5, 5.41) is 50.1. The maximum atomic E-state index is 14.5. The molecule has 0 aliphatic rings. The van der Waals surface area contributed by atoms with Crippen LogP contribution in [0.25, 0.3) is 10.9 Å². The van der Waals surface area contributed by atoms with Gasteiger partial charge in [0.1, 0.15) is 48.3 Å². The van der Waals surface area contributed by atoms with E-state index in [2.05, 4.69) is 87.7 Å². The quantitative estimate of drug-likeness (QED) is 0.0113. The monoisotopic (exact) mass is 1160 g/mol. The Hall–Kier alpha value is -7.48. The molecule has 0 fully saturated rings. The first-order valence-electron chi connectivity index (χ1n) is 25.8. The lowest BCUT2D eigenvalue weighted by molar-refractivity contribution is -0.142. The number of nitrogens with one attached hydrogen (secondary N) is 10. The average molecular weight is 1160 g/mol. The molecule has 31 heteroatoms. The molecule has 80 heavy (non-hydrogen) atoms. The standard InChI is InChI=1S/C49H76N16O13S2/c1-3-25(2)39(47(76)62-34(17-26-19-56-30-10-5-4-9-28(26)30)44(73)63-36(21-66)46(75)64-37(23-80)48(77)78)65-43(72)32(12-8-16-55-49(52)53)59-42(71)33(13-14-38(67)68)60-45(74)35(18-27-20-54-24-57-27)61-41(70)31(11-6-7-15-50)58-40(69)29(51)22-79/h4-5,9-10,19-20,24-25,29,31-37,39,56,66,79-80H,3,6-8,11-18,21-23,50-51H2,1-2H3,(H,54,57)(H,58,69)(H,59,71)(H,60,74)(H,61,70)(H,62,76)(H,63,73)(H,64,75)(H,65,72)(H,67,68)(H,77,78)(H4,52,53,55)/t25-,29-,31-,32-,33-,34-,35-,36-,37-,39-/m0/s1. The van der Waals surface area contributed by atoms with Crippen molar-refractivity contribution in [1.82, 2.24) is 57.5 Å². The molecule has 442 valence electrons. The highest BCUT2D eigenvalue weighted by Gasteiger charge is 2.37. The van der Waals surface area contributed by atoms with E-state index in [0.717, 1.165) is 0 Å². The summed E-state index contributed by atoms with van der Waals surface area (Å²) < 4.78 is 0. The first kappa shape index (κ1) is 66.8. The number of rotatable bonds is 37. The second-order valence-corrected chi connectivity index (χ2v) is 19.5. The maximum Gasteiger partial charge on any atom is 0.327 e. The first-order chi connectivity index (χ1) is 38.1. The van der Waals surface area contributed by atoms with E-state index in [-0.39, 0.29) is 62.5 Å². The van der Waals surface area contributed by atoms with Gasteiger partial charge in [-0.15, -0.1) is 0 Å². The zero-order valence-corrected chi connectivity index (χ0v) is 46.2. The maximum absolute atomic E-state index is 14.5. The first-order valence-corrected chi connectivity index (χ1v) is 27.1. The van der Waals surface area contributed by atoms with Crippen LogP contribution in [-0.4, -0.2) is 181 Å². The Bertz CT molecular complexity index is 2580. The summed E-state index contributed by atoms with van der Waals surface area (Å²) in [6, 6.07) is -5.96. The summed E-state index contributed by atoms with van der Waals surface area (Å²) in [4.78, 5) is 149. The second-order valence-electron chi connectivity index (χ2n) is 18.8. The fourth-order valence-electron chi connectivity index (χ4n) is 7.95. The van der Waals surface area contributed by atoms with Crippen LogP contribution in [0.2, 0.25) is 0 Å². The van der Waals surface area contributed by atoms with E-state index < -0.39 is 139 Å². The number of hydrogen-bond donors (Lipinski definition) is 19. The Labute approximate surface area is 472 Å². The number of imidazole rings is 1. The normalized spacial score (nSPS) is 14.9. The van der Waals surface area contributed by atoms with Gasteiger partial charge in [0, 0.05) is 66.3 Å². The molecule has 0 radical (unpaired) electrons. The van der Waals surface area contributed by atoms with Crippen molar-refractivity contribution >= 4 is 101 Å². The number of benzene rings is 1. The number of fused-ring (bicyclic) bond motifs is 1. The largest absolute Gasteiger partial charge is 0.481 e. The smallest absolute Gasteiger partial charge is 0.327 e. The lowest BCUT2D eigenvalue weighted by atomic mass is 9.96. The van der Waals surface area contributed by atoms with Crippen molar-refractivity contribution in [2.24, 2.45) is 33.8 Å². The Morgan fingerprint density at radius 3 is 1.76 bits per heavy atom. The summed E-state index contributed by atoms with van der Waals surface area (Å²) in [5.74, 6) is -11.5. The number of unbranched alkanes of at least 4 members (excludes halogenated alkanes) is 1. The van der Waals surface area contributed by atoms with Crippen molar-refractivity contribution in [3.05, 3.63) is 54.2 Å². The van der Waals surface area contributed by atoms with Crippen LogP contribution < -0.4 is 65.5 Å². The zero-order valence-electron chi connectivity index (χ0n) is 44.4. The number of aliphatic imine (C=N–C) groups is 1. The van der Waals surface area contributed by atoms with Crippen LogP contribution in [0.4, 0.5) is 0 Å². The Morgan fingerprint density at radius 2 is 1.20 bits per heavy atom. The molecule has 2 heterocycles. The van der Waals surface area contributed by atoms with E-state index in [9.17, 15) is 63.3 Å². The average Bonchev–Trinajstić information content (AvgIpc) is 4.12. The number of carbonyl (C=O) groups excluding carboxylic acids is 8. The van der Waals surface area contributed by atoms with Crippen LogP contribution in [-0.2, 0) is 60.8 Å². The highest BCUT2D eigenvalue weighted by molar-refractivity contribution is 7.80. The van der Waals surface area contributed by atoms with E-state index in [1.54, 1.807) is 44.3 Å². The number of hydrogen-bond acceptors (Lipinski definition) is 17. The van der Waals surface area contributed by atoms with Gasteiger partial charge in [-0.3, -0.25) is 48.1 Å². The lowest BCUT2D eigenvalue weighted by Crippen LogP contribution is -2.61. The number of H-pyrrole nitrogens is 2. The molecule has 8 amide bonds. The fourth-order valence-corrected chi connectivity index (χ4v) is 8.36. The molecule has 0 saturated carbocycles. The minimum absolute atomic E-state index is 0.0387. The topological polar surface area (TPSA) is 489 Å². The molecule has 0 saturated heterocycles. The number of para-hydroxylation sites is 1. The van der Waals surface area contributed by atoms with Gasteiger partial charge in [-0.25, -0.2) is 9.78 Å². The Balaban J connectivity index is 2.00. The van der Waals surface area contributed by atoms with Gasteiger partial charge in [0.25, 0.3) is 0 Å². The van der Waals surface area contributed by atoms with Gasteiger partial charge in [-0.2, -0.15) is 25.3 Å². The molecule has 3 rings (SSSR count). The number of amides is 8.